The number of rotatable bonds is 40. The maximum atomic E-state index is 14.6. The van der Waals surface area contributed by atoms with Crippen LogP contribution in [0.2, 0.25) is 0 Å². The van der Waals surface area contributed by atoms with Crippen molar-refractivity contribution >= 4 is 96.9 Å². The molecule has 648 valence electrons. The number of methoxy groups -OCH3 is 4. The molecule has 0 saturated heterocycles. The van der Waals surface area contributed by atoms with Gasteiger partial charge >= 0.3 is 47.8 Å². The molecule has 0 aromatic heterocycles. The molecule has 8 bridgehead atoms. The molecule has 1 aliphatic carbocycles. The largest absolute Gasteiger partial charge is 0.494 e. The van der Waals surface area contributed by atoms with Gasteiger partial charge in [0.25, 0.3) is 0 Å². The van der Waals surface area contributed by atoms with E-state index in [-0.39, 0.29) is 48.7 Å². The predicted octanol–water partition coefficient (Wildman–Crippen LogP) is 17.5. The zero-order valence-electron chi connectivity index (χ0n) is 72.4. The molecule has 0 amide bonds. The highest BCUT2D eigenvalue weighted by Crippen LogP contribution is 2.39. The smallest absolute Gasteiger partial charge is 0.336 e. The van der Waals surface area contributed by atoms with Gasteiger partial charge in [-0.15, -0.1) is 0 Å². The van der Waals surface area contributed by atoms with Crippen molar-refractivity contribution in [1.29, 1.82) is 0 Å². The average Bonchev–Trinajstić information content (AvgIpc) is 0.769. The van der Waals surface area contributed by atoms with E-state index < -0.39 is 71.9 Å². The molecule has 8 aromatic carbocycles. The first kappa shape index (κ1) is 94.2. The molecular formula is C100H108N4O20. The average molecular weight is 1690 g/mol. The van der Waals surface area contributed by atoms with Crippen LogP contribution < -0.4 is 37.9 Å². The van der Waals surface area contributed by atoms with E-state index >= 15 is 0 Å². The van der Waals surface area contributed by atoms with Gasteiger partial charge in [0, 0.05) is 49.2 Å². The first-order valence-corrected chi connectivity index (χ1v) is 41.6. The van der Waals surface area contributed by atoms with Gasteiger partial charge < -0.3 is 56.8 Å². The van der Waals surface area contributed by atoms with Gasteiger partial charge in [0.2, 0.25) is 0 Å². The molecule has 0 fully saturated rings. The van der Waals surface area contributed by atoms with Crippen molar-refractivity contribution < 1.29 is 95.2 Å². The lowest BCUT2D eigenvalue weighted by molar-refractivity contribution is -0.142. The number of hydrogen-bond acceptors (Lipinski definition) is 24. The number of nitrogens with zero attached hydrogens (tertiary/aromatic N) is 4. The SMILES string of the molecule is CCCCOc1cc2c(C=CC(=O)Oc3ccc(C=NC(C)C(=O)OC)cc3)c(c1)Cc1cc(OCCCC)cc(c1C=CC(=O)Oc1ccc(C=NC(C)C(=O)OC)cc1)Cc1cc(OCCCC)cc(c1C=CC(=O)Oc1ccc(C=NC(C)C(=O)OC)cc1)Cc1cc(OCCCC)cc(c1C=CC(=O)Oc1ccc(C=NC(C)C(=O)OC)cc1)C2. The zero-order chi connectivity index (χ0) is 88.9. The van der Waals surface area contributed by atoms with E-state index in [1.807, 2.05) is 48.5 Å². The molecule has 24 heteroatoms. The third kappa shape index (κ3) is 29.3. The Labute approximate surface area is 724 Å². The first-order valence-electron chi connectivity index (χ1n) is 41.6. The Morgan fingerprint density at radius 1 is 0.282 bits per heavy atom. The molecule has 0 radical (unpaired) electrons. The highest BCUT2D eigenvalue weighted by molar-refractivity contribution is 5.94. The van der Waals surface area contributed by atoms with Gasteiger partial charge in [-0.2, -0.15) is 0 Å². The minimum atomic E-state index is -0.750. The number of ether oxygens (including phenoxy) is 12. The van der Waals surface area contributed by atoms with Crippen LogP contribution in [0.25, 0.3) is 24.3 Å². The summed E-state index contributed by atoms with van der Waals surface area (Å²) in [6.07, 6.45) is 25.0. The van der Waals surface area contributed by atoms with Crippen LogP contribution in [0.15, 0.2) is 190 Å². The van der Waals surface area contributed by atoms with E-state index in [2.05, 4.69) is 47.7 Å². The summed E-state index contributed by atoms with van der Waals surface area (Å²) in [5.41, 5.74) is 10.3. The zero-order valence-corrected chi connectivity index (χ0v) is 72.4. The second kappa shape index (κ2) is 48.7. The third-order valence-corrected chi connectivity index (χ3v) is 19.8. The van der Waals surface area contributed by atoms with Crippen molar-refractivity contribution in [3.8, 4) is 46.0 Å². The van der Waals surface area contributed by atoms with Crippen molar-refractivity contribution in [3.05, 3.63) is 259 Å². The second-order valence-corrected chi connectivity index (χ2v) is 29.3. The van der Waals surface area contributed by atoms with Gasteiger partial charge in [-0.25, -0.2) is 38.4 Å². The van der Waals surface area contributed by atoms with Crippen LogP contribution in [0, 0.1) is 0 Å². The standard InChI is InChI=1S/C100H108N4O20/c1-13-17-45-117-85-53-73-49-75-55-86(118-46-18-14-2)57-77(90(75)38-42-94(106)122-82-31-23-70(24-32-82)62-102-66(6)98(110)114-10)51-79-59-88(120-48-20-16-4)60-80(92(79)40-44-96(108)124-84-35-27-72(28-36-84)64-104-68(8)100(112)116-12)52-78-58-87(119-47-19-15-3)56-76(91(78)39-43-95(107)123-83-33-25-71(26-34-83)63-103-67(7)99(111)115-11)50-74(54-85)89(73)37-41-93(105)121-81-29-21-69(22-30-81)61-101-65(5)97(109)113-9/h21-44,53-68H,13-20,45-52H2,1-12H3. The molecule has 8 aromatic rings. The maximum absolute atomic E-state index is 14.6. The quantitative estimate of drug-likeness (QED) is 0.00860. The number of carbonyl (C=O) groups excluding carboxylic acids is 8. The number of unbranched alkanes of at least 4 members (excludes halogenated alkanes) is 4. The second-order valence-electron chi connectivity index (χ2n) is 29.3. The minimum Gasteiger partial charge on any atom is -0.494 e. The molecule has 4 unspecified atom stereocenters. The Kier molecular flexibility index (Phi) is 37.0. The molecule has 0 heterocycles. The van der Waals surface area contributed by atoms with Crippen LogP contribution in [0.4, 0.5) is 0 Å². The first-order chi connectivity index (χ1) is 60.0. The summed E-state index contributed by atoms with van der Waals surface area (Å²) >= 11 is 0. The summed E-state index contributed by atoms with van der Waals surface area (Å²) in [4.78, 5) is 124. The van der Waals surface area contributed by atoms with Crippen LogP contribution in [0.1, 0.15) is 196 Å². The number of aliphatic imine (C=N–C) groups is 4. The van der Waals surface area contributed by atoms with E-state index in [4.69, 9.17) is 56.8 Å². The Bertz CT molecular complexity index is 4530. The Balaban J connectivity index is 1.31. The van der Waals surface area contributed by atoms with Gasteiger partial charge in [0.15, 0.2) is 0 Å². The van der Waals surface area contributed by atoms with Gasteiger partial charge in [-0.1, -0.05) is 53.4 Å². The van der Waals surface area contributed by atoms with Crippen LogP contribution in [-0.4, -0.2) is 152 Å². The van der Waals surface area contributed by atoms with E-state index in [0.29, 0.717) is 164 Å². The Morgan fingerprint density at radius 2 is 0.460 bits per heavy atom. The van der Waals surface area contributed by atoms with Crippen molar-refractivity contribution in [2.24, 2.45) is 20.0 Å². The Morgan fingerprint density at radius 3 is 0.621 bits per heavy atom. The fraction of sp³-hybridized carbons (Fsp3) is 0.320. The minimum absolute atomic E-state index is 0.101. The summed E-state index contributed by atoms with van der Waals surface area (Å²) in [6.45, 7) is 16.2. The molecular weight excluding hydrogens is 1580 g/mol. The van der Waals surface area contributed by atoms with Crippen molar-refractivity contribution in [3.63, 3.8) is 0 Å². The van der Waals surface area contributed by atoms with Gasteiger partial charge in [-0.05, 0) is 338 Å². The van der Waals surface area contributed by atoms with Crippen molar-refractivity contribution in [2.75, 3.05) is 54.9 Å². The van der Waals surface area contributed by atoms with Gasteiger partial charge in [0.05, 0.1) is 54.9 Å². The predicted molar refractivity (Wildman–Crippen MR) is 479 cm³/mol. The van der Waals surface area contributed by atoms with Crippen LogP contribution >= 0.6 is 0 Å². The molecule has 0 aliphatic heterocycles. The lowest BCUT2D eigenvalue weighted by Crippen LogP contribution is -2.16. The fourth-order valence-corrected chi connectivity index (χ4v) is 12.9. The molecule has 124 heavy (non-hydrogen) atoms. The molecule has 0 N–H and O–H groups in total. The van der Waals surface area contributed by atoms with Gasteiger partial charge in [-0.3, -0.25) is 20.0 Å². The van der Waals surface area contributed by atoms with Crippen molar-refractivity contribution in [1.82, 2.24) is 0 Å². The normalized spacial score (nSPS) is 13.1. The molecule has 4 atom stereocenters. The summed E-state index contributed by atoms with van der Waals surface area (Å²) in [7, 11) is 5.17. The molecule has 0 spiro atoms. The summed E-state index contributed by atoms with van der Waals surface area (Å²) < 4.78 is 70.6. The lowest BCUT2D eigenvalue weighted by atomic mass is 9.84. The van der Waals surface area contributed by atoms with Crippen LogP contribution in [0.3, 0.4) is 0 Å². The monoisotopic (exact) mass is 1680 g/mol. The maximum Gasteiger partial charge on any atom is 0.336 e. The number of esters is 8. The molecule has 24 nitrogen and oxygen atoms in total. The van der Waals surface area contributed by atoms with Crippen LogP contribution in [0.5, 0.6) is 46.0 Å². The summed E-state index contributed by atoms with van der Waals surface area (Å²) in [5.74, 6) is -1.93. The third-order valence-electron chi connectivity index (χ3n) is 19.8. The summed E-state index contributed by atoms with van der Waals surface area (Å²) in [6, 6.07) is 39.1. The number of hydrogen-bond donors (Lipinski definition) is 0. The lowest BCUT2D eigenvalue weighted by Gasteiger charge is -2.23. The number of carbonyl (C=O) groups is 8. The molecule has 1 aliphatic rings. The highest BCUT2D eigenvalue weighted by Gasteiger charge is 2.25. The number of fused-ring (bicyclic) bond motifs is 8. The van der Waals surface area contributed by atoms with E-state index in [9.17, 15) is 38.4 Å². The highest BCUT2D eigenvalue weighted by atomic mass is 16.6. The van der Waals surface area contributed by atoms with E-state index in [0.717, 1.165) is 25.7 Å². The fourth-order valence-electron chi connectivity index (χ4n) is 12.9. The number of benzene rings is 8. The molecule has 0 saturated carbocycles. The Hall–Kier alpha value is -13.6. The summed E-state index contributed by atoms with van der Waals surface area (Å²) in [5, 5.41) is 0. The van der Waals surface area contributed by atoms with Crippen molar-refractivity contribution in [2.45, 2.75) is 157 Å². The van der Waals surface area contributed by atoms with E-state index in [1.54, 1.807) is 149 Å². The van der Waals surface area contributed by atoms with E-state index in [1.165, 1.54) is 77.6 Å². The topological polar surface area (TPSA) is 297 Å². The van der Waals surface area contributed by atoms with Crippen LogP contribution in [-0.2, 0) is 83.0 Å². The van der Waals surface area contributed by atoms with Gasteiger partial charge in [0.1, 0.15) is 70.2 Å². The molecule has 9 rings (SSSR count).